The minimum absolute atomic E-state index is 0.00653. The van der Waals surface area contributed by atoms with Gasteiger partial charge in [0.15, 0.2) is 0 Å². The third kappa shape index (κ3) is 4.53. The van der Waals surface area contributed by atoms with E-state index in [1.807, 2.05) is 66.0 Å². The molecule has 0 bridgehead atoms. The summed E-state index contributed by atoms with van der Waals surface area (Å²) < 4.78 is 1.88. The van der Waals surface area contributed by atoms with Crippen molar-refractivity contribution in [1.82, 2.24) is 19.7 Å². The first-order valence-electron chi connectivity index (χ1n) is 10.3. The second kappa shape index (κ2) is 9.25. The van der Waals surface area contributed by atoms with Gasteiger partial charge < -0.3 is 4.90 Å². The quantitative estimate of drug-likeness (QED) is 0.469. The molecule has 0 radical (unpaired) electrons. The summed E-state index contributed by atoms with van der Waals surface area (Å²) >= 11 is 12.6. The third-order valence-electron chi connectivity index (χ3n) is 5.80. The standard InChI is InChI=1S/C24H24Cl2N4O/c1-16-19(17(2)30(28-16)15-20-21(25)7-3-8-22(20)26)10-11-24(31)29-13-5-9-23(29)18-6-4-12-27-14-18/h3-4,6-8,10-12,14,23H,5,9,13,15H2,1-2H3. The second-order valence-corrected chi connectivity index (χ2v) is 8.57. The molecule has 0 aliphatic carbocycles. The summed E-state index contributed by atoms with van der Waals surface area (Å²) in [5, 5.41) is 5.87. The molecule has 1 saturated heterocycles. The summed E-state index contributed by atoms with van der Waals surface area (Å²) in [5.41, 5.74) is 4.67. The summed E-state index contributed by atoms with van der Waals surface area (Å²) in [4.78, 5) is 19.1. The van der Waals surface area contributed by atoms with Crippen LogP contribution in [0.3, 0.4) is 0 Å². The van der Waals surface area contributed by atoms with Gasteiger partial charge in [-0.2, -0.15) is 5.10 Å². The average Bonchev–Trinajstić information content (AvgIpc) is 3.35. The molecule has 1 aromatic carbocycles. The number of likely N-dealkylation sites (tertiary alicyclic amines) is 1. The minimum Gasteiger partial charge on any atom is -0.332 e. The normalized spacial score (nSPS) is 16.4. The molecule has 160 valence electrons. The van der Waals surface area contributed by atoms with Gasteiger partial charge >= 0.3 is 0 Å². The molecule has 0 N–H and O–H groups in total. The van der Waals surface area contributed by atoms with Gasteiger partial charge in [-0.3, -0.25) is 14.5 Å². The van der Waals surface area contributed by atoms with E-state index in [1.165, 1.54) is 0 Å². The van der Waals surface area contributed by atoms with E-state index in [0.29, 0.717) is 16.6 Å². The number of hydrogen-bond donors (Lipinski definition) is 0. The molecule has 1 amide bonds. The number of amides is 1. The van der Waals surface area contributed by atoms with Crippen LogP contribution < -0.4 is 0 Å². The van der Waals surface area contributed by atoms with Gasteiger partial charge in [0.2, 0.25) is 5.91 Å². The summed E-state index contributed by atoms with van der Waals surface area (Å²) in [7, 11) is 0. The number of aryl methyl sites for hydroxylation is 1. The van der Waals surface area contributed by atoms with Crippen molar-refractivity contribution in [3.8, 4) is 0 Å². The molecule has 1 unspecified atom stereocenters. The average molecular weight is 455 g/mol. The predicted octanol–water partition coefficient (Wildman–Crippen LogP) is 5.63. The van der Waals surface area contributed by atoms with Crippen molar-refractivity contribution in [2.45, 2.75) is 39.3 Å². The van der Waals surface area contributed by atoms with Crippen LogP contribution in [0.4, 0.5) is 0 Å². The van der Waals surface area contributed by atoms with Crippen LogP contribution in [0.15, 0.2) is 48.8 Å². The Balaban J connectivity index is 1.53. The maximum atomic E-state index is 13.0. The Morgan fingerprint density at radius 3 is 2.68 bits per heavy atom. The number of aromatic nitrogens is 3. The van der Waals surface area contributed by atoms with E-state index in [0.717, 1.165) is 47.5 Å². The van der Waals surface area contributed by atoms with Gasteiger partial charge in [0.05, 0.1) is 18.3 Å². The molecule has 1 aliphatic rings. The lowest BCUT2D eigenvalue weighted by molar-refractivity contribution is -0.126. The lowest BCUT2D eigenvalue weighted by Gasteiger charge is -2.23. The van der Waals surface area contributed by atoms with Crippen molar-refractivity contribution >= 4 is 35.2 Å². The first-order chi connectivity index (χ1) is 15.0. The van der Waals surface area contributed by atoms with E-state index in [-0.39, 0.29) is 11.9 Å². The molecule has 0 saturated carbocycles. The van der Waals surface area contributed by atoms with Gasteiger partial charge in [-0.15, -0.1) is 0 Å². The van der Waals surface area contributed by atoms with Gasteiger partial charge in [-0.05, 0) is 56.5 Å². The molecule has 7 heteroatoms. The molecule has 4 rings (SSSR count). The summed E-state index contributed by atoms with van der Waals surface area (Å²) in [6, 6.07) is 9.50. The molecule has 3 heterocycles. The highest BCUT2D eigenvalue weighted by molar-refractivity contribution is 6.35. The van der Waals surface area contributed by atoms with E-state index in [1.54, 1.807) is 12.3 Å². The molecule has 1 fully saturated rings. The number of benzene rings is 1. The molecule has 1 atom stereocenters. The lowest BCUT2D eigenvalue weighted by Crippen LogP contribution is -2.28. The van der Waals surface area contributed by atoms with Crippen molar-refractivity contribution in [3.05, 3.63) is 86.9 Å². The highest BCUT2D eigenvalue weighted by atomic mass is 35.5. The number of carbonyl (C=O) groups is 1. The van der Waals surface area contributed by atoms with E-state index in [2.05, 4.69) is 10.1 Å². The Morgan fingerprint density at radius 2 is 1.97 bits per heavy atom. The van der Waals surface area contributed by atoms with Crippen LogP contribution in [0, 0.1) is 13.8 Å². The van der Waals surface area contributed by atoms with Gasteiger partial charge in [-0.25, -0.2) is 0 Å². The lowest BCUT2D eigenvalue weighted by atomic mass is 10.1. The Bertz CT molecular complexity index is 1100. The van der Waals surface area contributed by atoms with Crippen molar-refractivity contribution < 1.29 is 4.79 Å². The number of carbonyl (C=O) groups excluding carboxylic acids is 1. The molecule has 0 spiro atoms. The van der Waals surface area contributed by atoms with Crippen molar-refractivity contribution in [1.29, 1.82) is 0 Å². The van der Waals surface area contributed by atoms with Crippen LogP contribution in [0.25, 0.3) is 6.08 Å². The second-order valence-electron chi connectivity index (χ2n) is 7.75. The Labute approximate surface area is 192 Å². The van der Waals surface area contributed by atoms with Crippen LogP contribution in [-0.4, -0.2) is 32.1 Å². The number of halogens is 2. The van der Waals surface area contributed by atoms with E-state index >= 15 is 0 Å². The minimum atomic E-state index is 0.00653. The topological polar surface area (TPSA) is 51.0 Å². The van der Waals surface area contributed by atoms with E-state index in [9.17, 15) is 4.79 Å². The van der Waals surface area contributed by atoms with Crippen molar-refractivity contribution in [3.63, 3.8) is 0 Å². The highest BCUT2D eigenvalue weighted by Crippen LogP contribution is 2.32. The molecule has 2 aromatic heterocycles. The Hall–Kier alpha value is -2.63. The van der Waals surface area contributed by atoms with Crippen LogP contribution in [0.5, 0.6) is 0 Å². The number of nitrogens with zero attached hydrogens (tertiary/aromatic N) is 4. The molecule has 1 aliphatic heterocycles. The first kappa shape index (κ1) is 21.6. The Morgan fingerprint density at radius 1 is 1.19 bits per heavy atom. The summed E-state index contributed by atoms with van der Waals surface area (Å²) in [6.45, 7) is 5.16. The number of pyridine rings is 1. The molecular formula is C24H24Cl2N4O. The van der Waals surface area contributed by atoms with Crippen LogP contribution in [-0.2, 0) is 11.3 Å². The fraction of sp³-hybridized carbons (Fsp3) is 0.292. The zero-order valence-corrected chi connectivity index (χ0v) is 19.1. The predicted molar refractivity (Wildman–Crippen MR) is 124 cm³/mol. The Kier molecular flexibility index (Phi) is 6.44. The largest absolute Gasteiger partial charge is 0.332 e. The fourth-order valence-electron chi connectivity index (χ4n) is 4.14. The first-order valence-corrected chi connectivity index (χ1v) is 11.1. The maximum absolute atomic E-state index is 13.0. The van der Waals surface area contributed by atoms with Crippen molar-refractivity contribution in [2.75, 3.05) is 6.54 Å². The van der Waals surface area contributed by atoms with Gasteiger partial charge in [0.1, 0.15) is 0 Å². The summed E-state index contributed by atoms with van der Waals surface area (Å²) in [5.74, 6) is 0.00653. The van der Waals surface area contributed by atoms with Gasteiger partial charge in [0, 0.05) is 51.9 Å². The molecule has 5 nitrogen and oxygen atoms in total. The van der Waals surface area contributed by atoms with E-state index < -0.39 is 0 Å². The molecular weight excluding hydrogens is 431 g/mol. The number of hydrogen-bond acceptors (Lipinski definition) is 3. The van der Waals surface area contributed by atoms with Gasteiger partial charge in [0.25, 0.3) is 0 Å². The zero-order chi connectivity index (χ0) is 22.0. The zero-order valence-electron chi connectivity index (χ0n) is 17.6. The van der Waals surface area contributed by atoms with E-state index in [4.69, 9.17) is 23.2 Å². The van der Waals surface area contributed by atoms with Crippen LogP contribution in [0.2, 0.25) is 10.0 Å². The third-order valence-corrected chi connectivity index (χ3v) is 6.51. The monoisotopic (exact) mass is 454 g/mol. The smallest absolute Gasteiger partial charge is 0.247 e. The molecule has 31 heavy (non-hydrogen) atoms. The van der Waals surface area contributed by atoms with Crippen LogP contribution >= 0.6 is 23.2 Å². The fourth-order valence-corrected chi connectivity index (χ4v) is 4.66. The maximum Gasteiger partial charge on any atom is 0.247 e. The highest BCUT2D eigenvalue weighted by Gasteiger charge is 2.28. The van der Waals surface area contributed by atoms with Crippen LogP contribution in [0.1, 0.15) is 47.0 Å². The summed E-state index contributed by atoms with van der Waals surface area (Å²) in [6.07, 6.45) is 9.07. The van der Waals surface area contributed by atoms with Gasteiger partial charge in [-0.1, -0.05) is 35.3 Å². The SMILES string of the molecule is Cc1nn(Cc2c(Cl)cccc2Cl)c(C)c1C=CC(=O)N1CCCC1c1cccnc1. The number of rotatable bonds is 5. The van der Waals surface area contributed by atoms with Crippen molar-refractivity contribution in [2.24, 2.45) is 0 Å². The molecule has 3 aromatic rings.